The molecule has 0 unspecified atom stereocenters. The molecule has 37 heavy (non-hydrogen) atoms. The molecular formula is C25H28FN7O4. The quantitative estimate of drug-likeness (QED) is 0.440. The number of pyridine rings is 1. The largest absolute Gasteiger partial charge is 0.453 e. The zero-order valence-electron chi connectivity index (χ0n) is 20.7. The fourth-order valence-electron chi connectivity index (χ4n) is 4.07. The summed E-state index contributed by atoms with van der Waals surface area (Å²) < 4.78 is 20.7. The molecule has 3 aromatic rings. The van der Waals surface area contributed by atoms with Gasteiger partial charge in [-0.1, -0.05) is 0 Å². The van der Waals surface area contributed by atoms with Crippen molar-refractivity contribution < 1.29 is 23.8 Å². The van der Waals surface area contributed by atoms with Gasteiger partial charge in [0.05, 0.1) is 59.2 Å². The number of rotatable bonds is 7. The summed E-state index contributed by atoms with van der Waals surface area (Å²) in [4.78, 5) is 30.9. The minimum atomic E-state index is -1.67. The number of halogens is 1. The van der Waals surface area contributed by atoms with Crippen LogP contribution in [-0.4, -0.2) is 81.2 Å². The summed E-state index contributed by atoms with van der Waals surface area (Å²) in [6.45, 7) is 3.15. The Kier molecular flexibility index (Phi) is 7.26. The molecule has 1 aliphatic rings. The molecule has 2 amide bonds. The van der Waals surface area contributed by atoms with E-state index in [1.54, 1.807) is 27.6 Å². The zero-order chi connectivity index (χ0) is 26.7. The van der Waals surface area contributed by atoms with Gasteiger partial charge in [-0.3, -0.25) is 9.78 Å². The Labute approximate surface area is 212 Å². The normalized spacial score (nSPS) is 16.3. The fraction of sp³-hybridized carbons (Fsp3) is 0.400. The number of amides is 2. The van der Waals surface area contributed by atoms with Crippen LogP contribution in [0.3, 0.4) is 0 Å². The second-order valence-corrected chi connectivity index (χ2v) is 9.40. The van der Waals surface area contributed by atoms with Gasteiger partial charge in [0.25, 0.3) is 5.91 Å². The van der Waals surface area contributed by atoms with Gasteiger partial charge in [-0.25, -0.2) is 13.7 Å². The van der Waals surface area contributed by atoms with Crippen LogP contribution in [0.5, 0.6) is 0 Å². The summed E-state index contributed by atoms with van der Waals surface area (Å²) in [6, 6.07) is 8.91. The Bertz CT molecular complexity index is 1360. The van der Waals surface area contributed by atoms with Crippen LogP contribution in [-0.2, 0) is 4.74 Å². The smallest absolute Gasteiger partial charge is 0.409 e. The van der Waals surface area contributed by atoms with Crippen molar-refractivity contribution in [2.75, 3.05) is 32.1 Å². The number of aromatic nitrogens is 3. The molecule has 0 aromatic carbocycles. The Morgan fingerprint density at radius 2 is 2.14 bits per heavy atom. The molecule has 0 bridgehead atoms. The highest BCUT2D eigenvalue weighted by Crippen LogP contribution is 2.27. The van der Waals surface area contributed by atoms with Crippen LogP contribution in [0.15, 0.2) is 36.7 Å². The molecule has 0 spiro atoms. The summed E-state index contributed by atoms with van der Waals surface area (Å²) in [5, 5.41) is 29.1. The molecule has 2 atom stereocenters. The van der Waals surface area contributed by atoms with Crippen molar-refractivity contribution in [1.82, 2.24) is 24.8 Å². The highest BCUT2D eigenvalue weighted by atomic mass is 19.1. The SMILES string of the molecule is COC(=O)N1CC[C@@H](Nc2cc(-c3ccc4cc(C#N)cnn34)ncc2C(=O)NC[C@@H](F)C(C)(C)O)C1. The predicted octanol–water partition coefficient (Wildman–Crippen LogP) is 2.36. The Morgan fingerprint density at radius 3 is 2.84 bits per heavy atom. The van der Waals surface area contributed by atoms with Gasteiger partial charge in [-0.15, -0.1) is 0 Å². The van der Waals surface area contributed by atoms with Crippen molar-refractivity contribution in [2.45, 2.75) is 38.1 Å². The average molecular weight is 510 g/mol. The number of nitriles is 1. The van der Waals surface area contributed by atoms with Gasteiger partial charge in [-0.05, 0) is 44.5 Å². The lowest BCUT2D eigenvalue weighted by Crippen LogP contribution is -2.42. The second-order valence-electron chi connectivity index (χ2n) is 9.40. The van der Waals surface area contributed by atoms with Gasteiger partial charge in [0, 0.05) is 25.3 Å². The number of likely N-dealkylation sites (tertiary alicyclic amines) is 1. The maximum Gasteiger partial charge on any atom is 0.409 e. The molecular weight excluding hydrogens is 481 g/mol. The van der Waals surface area contributed by atoms with E-state index >= 15 is 0 Å². The van der Waals surface area contributed by atoms with E-state index in [0.717, 1.165) is 0 Å². The predicted molar refractivity (Wildman–Crippen MR) is 133 cm³/mol. The summed E-state index contributed by atoms with van der Waals surface area (Å²) in [6.07, 6.45) is 1.38. The minimum Gasteiger partial charge on any atom is -0.453 e. The third kappa shape index (κ3) is 5.62. The first-order chi connectivity index (χ1) is 17.6. The lowest BCUT2D eigenvalue weighted by Gasteiger charge is -2.23. The summed E-state index contributed by atoms with van der Waals surface area (Å²) in [5.74, 6) is -0.562. The fourth-order valence-corrected chi connectivity index (χ4v) is 4.07. The maximum absolute atomic E-state index is 14.2. The van der Waals surface area contributed by atoms with Crippen molar-refractivity contribution in [1.29, 1.82) is 5.26 Å². The second kappa shape index (κ2) is 10.4. The van der Waals surface area contributed by atoms with Gasteiger partial charge in [0.2, 0.25) is 0 Å². The summed E-state index contributed by atoms with van der Waals surface area (Å²) >= 11 is 0. The molecule has 1 fully saturated rings. The van der Waals surface area contributed by atoms with Crippen LogP contribution in [0.1, 0.15) is 36.2 Å². The van der Waals surface area contributed by atoms with Crippen LogP contribution in [0.25, 0.3) is 16.9 Å². The van der Waals surface area contributed by atoms with E-state index in [1.165, 1.54) is 33.4 Å². The Balaban J connectivity index is 1.65. The van der Waals surface area contributed by atoms with E-state index < -0.39 is 23.8 Å². The molecule has 0 saturated carbocycles. The summed E-state index contributed by atoms with van der Waals surface area (Å²) in [5.41, 5.74) is 1.31. The van der Waals surface area contributed by atoms with Gasteiger partial charge in [0.1, 0.15) is 12.2 Å². The number of alkyl halides is 1. The molecule has 12 heteroatoms. The molecule has 11 nitrogen and oxygen atoms in total. The number of carbonyl (C=O) groups is 2. The van der Waals surface area contributed by atoms with Crippen LogP contribution >= 0.6 is 0 Å². The first-order valence-electron chi connectivity index (χ1n) is 11.7. The number of methoxy groups -OCH3 is 1. The number of ether oxygens (including phenoxy) is 1. The Hall–Kier alpha value is -4.24. The van der Waals surface area contributed by atoms with E-state index in [0.29, 0.717) is 47.7 Å². The number of aliphatic hydroxyl groups is 1. The molecule has 1 saturated heterocycles. The number of carbonyl (C=O) groups excluding carboxylic acids is 2. The first-order valence-corrected chi connectivity index (χ1v) is 11.7. The molecule has 4 heterocycles. The number of fused-ring (bicyclic) bond motifs is 1. The number of nitrogens with zero attached hydrogens (tertiary/aromatic N) is 5. The summed E-state index contributed by atoms with van der Waals surface area (Å²) in [7, 11) is 1.32. The van der Waals surface area contributed by atoms with Crippen molar-refractivity contribution in [2.24, 2.45) is 0 Å². The lowest BCUT2D eigenvalue weighted by atomic mass is 10.0. The highest BCUT2D eigenvalue weighted by Gasteiger charge is 2.29. The number of nitrogens with one attached hydrogen (secondary N) is 2. The van der Waals surface area contributed by atoms with Gasteiger partial charge in [0.15, 0.2) is 0 Å². The highest BCUT2D eigenvalue weighted by molar-refractivity contribution is 6.00. The molecule has 0 aliphatic carbocycles. The molecule has 4 rings (SSSR count). The maximum atomic E-state index is 14.2. The van der Waals surface area contributed by atoms with E-state index in [2.05, 4.69) is 26.8 Å². The molecule has 3 aromatic heterocycles. The minimum absolute atomic E-state index is 0.161. The third-order valence-electron chi connectivity index (χ3n) is 6.23. The topological polar surface area (TPSA) is 145 Å². The number of anilines is 1. The third-order valence-corrected chi connectivity index (χ3v) is 6.23. The average Bonchev–Trinajstić information content (AvgIpc) is 3.52. The van der Waals surface area contributed by atoms with E-state index in [4.69, 9.17) is 10.00 Å². The van der Waals surface area contributed by atoms with E-state index in [1.807, 2.05) is 6.07 Å². The van der Waals surface area contributed by atoms with E-state index in [-0.39, 0.29) is 18.2 Å². The number of hydrogen-bond acceptors (Lipinski definition) is 8. The van der Waals surface area contributed by atoms with Crippen molar-refractivity contribution in [3.63, 3.8) is 0 Å². The molecule has 194 valence electrons. The van der Waals surface area contributed by atoms with Crippen LogP contribution in [0, 0.1) is 11.3 Å². The van der Waals surface area contributed by atoms with E-state index in [9.17, 15) is 19.1 Å². The lowest BCUT2D eigenvalue weighted by molar-refractivity contribution is -0.00177. The van der Waals surface area contributed by atoms with Crippen LogP contribution in [0.4, 0.5) is 14.9 Å². The molecule has 3 N–H and O–H groups in total. The van der Waals surface area contributed by atoms with Gasteiger partial charge < -0.3 is 25.4 Å². The molecule has 1 aliphatic heterocycles. The Morgan fingerprint density at radius 1 is 1.35 bits per heavy atom. The van der Waals surface area contributed by atoms with Crippen molar-refractivity contribution in [3.05, 3.63) is 47.8 Å². The first kappa shape index (κ1) is 25.8. The standard InChI is InChI=1S/C25H28FN7O4/c1-25(2,36)22(26)13-29-23(34)18-12-28-20(21-5-4-17-8-15(10-27)11-30-33(17)21)9-19(18)31-16-6-7-32(14-16)24(35)37-3/h4-5,8-9,11-12,16,22,36H,6-7,13-14H2,1-3H3,(H,28,31)(H,29,34)/t16-,22-/m1/s1. The van der Waals surface area contributed by atoms with Crippen LogP contribution in [0.2, 0.25) is 0 Å². The van der Waals surface area contributed by atoms with Crippen molar-refractivity contribution >= 4 is 23.2 Å². The number of hydrogen-bond donors (Lipinski definition) is 3. The monoisotopic (exact) mass is 509 g/mol. The van der Waals surface area contributed by atoms with Gasteiger partial charge in [-0.2, -0.15) is 10.4 Å². The van der Waals surface area contributed by atoms with Crippen LogP contribution < -0.4 is 10.6 Å². The molecule has 0 radical (unpaired) electrons. The zero-order valence-corrected chi connectivity index (χ0v) is 20.7. The van der Waals surface area contributed by atoms with Crippen molar-refractivity contribution in [3.8, 4) is 17.5 Å². The van der Waals surface area contributed by atoms with Gasteiger partial charge >= 0.3 is 6.09 Å².